The standard InChI is InChI=1S/C13H15NO3/c1-9(2)12(15)14-11(13(16)17)8-10-6-4-3-5-7-10/h3-7,11H,1,8H2,2H3,(H,14,15)(H,16,17). The third-order valence-corrected chi connectivity index (χ3v) is 2.27. The predicted molar refractivity (Wildman–Crippen MR) is 64.5 cm³/mol. The largest absolute Gasteiger partial charge is 0.480 e. The normalized spacial score (nSPS) is 11.6. The number of nitrogens with one attached hydrogen (secondary N) is 1. The summed E-state index contributed by atoms with van der Waals surface area (Å²) in [4.78, 5) is 22.4. The molecule has 0 saturated heterocycles. The van der Waals surface area contributed by atoms with Crippen LogP contribution in [-0.2, 0) is 16.0 Å². The molecule has 0 aliphatic heterocycles. The molecule has 1 aromatic carbocycles. The molecular weight excluding hydrogens is 218 g/mol. The first-order valence-corrected chi connectivity index (χ1v) is 5.24. The number of carbonyl (C=O) groups is 2. The molecule has 0 spiro atoms. The summed E-state index contributed by atoms with van der Waals surface area (Å²) in [6, 6.07) is 8.22. The van der Waals surface area contributed by atoms with Crippen LogP contribution in [0, 0.1) is 0 Å². The van der Waals surface area contributed by atoms with Gasteiger partial charge < -0.3 is 10.4 Å². The van der Waals surface area contributed by atoms with E-state index < -0.39 is 17.9 Å². The SMILES string of the molecule is C=C(C)C(=O)NC(Cc1ccccc1)C(=O)O. The summed E-state index contributed by atoms with van der Waals surface area (Å²) in [6.45, 7) is 5.01. The second kappa shape index (κ2) is 5.84. The van der Waals surface area contributed by atoms with Crippen LogP contribution >= 0.6 is 0 Å². The van der Waals surface area contributed by atoms with Crippen molar-refractivity contribution < 1.29 is 14.7 Å². The van der Waals surface area contributed by atoms with Gasteiger partial charge in [0, 0.05) is 12.0 Å². The molecule has 0 fully saturated rings. The molecule has 0 bridgehead atoms. The number of carboxylic acid groups (broad SMARTS) is 1. The van der Waals surface area contributed by atoms with Crippen molar-refractivity contribution in [2.45, 2.75) is 19.4 Å². The Labute approximate surface area is 100.0 Å². The first-order valence-electron chi connectivity index (χ1n) is 5.24. The molecule has 1 unspecified atom stereocenters. The van der Waals surface area contributed by atoms with Crippen LogP contribution in [0.25, 0.3) is 0 Å². The van der Waals surface area contributed by atoms with Gasteiger partial charge in [0.1, 0.15) is 6.04 Å². The van der Waals surface area contributed by atoms with Gasteiger partial charge in [-0.3, -0.25) is 4.79 Å². The quantitative estimate of drug-likeness (QED) is 0.755. The fourth-order valence-electron chi connectivity index (χ4n) is 1.33. The molecule has 1 rings (SSSR count). The summed E-state index contributed by atoms with van der Waals surface area (Å²) in [5.74, 6) is -1.49. The molecule has 0 saturated carbocycles. The number of carbonyl (C=O) groups excluding carboxylic acids is 1. The second-order valence-corrected chi connectivity index (χ2v) is 3.83. The van der Waals surface area contributed by atoms with Gasteiger partial charge in [0.25, 0.3) is 0 Å². The topological polar surface area (TPSA) is 66.4 Å². The maximum absolute atomic E-state index is 11.4. The van der Waals surface area contributed by atoms with Gasteiger partial charge in [-0.15, -0.1) is 0 Å². The number of hydrogen-bond donors (Lipinski definition) is 2. The fraction of sp³-hybridized carbons (Fsp3) is 0.231. The van der Waals surface area contributed by atoms with E-state index in [-0.39, 0.29) is 6.42 Å². The predicted octanol–water partition coefficient (Wildman–Crippen LogP) is 1.37. The van der Waals surface area contributed by atoms with E-state index in [1.807, 2.05) is 30.3 Å². The average molecular weight is 233 g/mol. The first-order chi connectivity index (χ1) is 8.00. The van der Waals surface area contributed by atoms with E-state index in [0.29, 0.717) is 5.57 Å². The monoisotopic (exact) mass is 233 g/mol. The lowest BCUT2D eigenvalue weighted by molar-refractivity contribution is -0.141. The molecule has 17 heavy (non-hydrogen) atoms. The number of benzene rings is 1. The van der Waals surface area contributed by atoms with Crippen LogP contribution in [0.4, 0.5) is 0 Å². The van der Waals surface area contributed by atoms with Crippen molar-refractivity contribution in [3.8, 4) is 0 Å². The fourth-order valence-corrected chi connectivity index (χ4v) is 1.33. The van der Waals surface area contributed by atoms with Crippen molar-refractivity contribution in [1.29, 1.82) is 0 Å². The summed E-state index contributed by atoms with van der Waals surface area (Å²) in [6.07, 6.45) is 0.259. The first kappa shape index (κ1) is 13.0. The minimum atomic E-state index is -1.05. The maximum Gasteiger partial charge on any atom is 0.326 e. The van der Waals surface area contributed by atoms with E-state index >= 15 is 0 Å². The highest BCUT2D eigenvalue weighted by Crippen LogP contribution is 2.04. The summed E-state index contributed by atoms with van der Waals surface area (Å²) in [7, 11) is 0. The minimum Gasteiger partial charge on any atom is -0.480 e. The van der Waals surface area contributed by atoms with Crippen molar-refractivity contribution in [3.05, 3.63) is 48.0 Å². The molecule has 2 N–H and O–H groups in total. The van der Waals surface area contributed by atoms with E-state index in [1.165, 1.54) is 6.92 Å². The number of carboxylic acids is 1. The highest BCUT2D eigenvalue weighted by atomic mass is 16.4. The Morgan fingerprint density at radius 3 is 2.41 bits per heavy atom. The third-order valence-electron chi connectivity index (χ3n) is 2.27. The van der Waals surface area contributed by atoms with E-state index in [2.05, 4.69) is 11.9 Å². The van der Waals surface area contributed by atoms with Gasteiger partial charge in [0.15, 0.2) is 0 Å². The maximum atomic E-state index is 11.4. The van der Waals surface area contributed by atoms with Gasteiger partial charge in [-0.2, -0.15) is 0 Å². The molecule has 1 atom stereocenters. The van der Waals surface area contributed by atoms with Crippen LogP contribution in [0.2, 0.25) is 0 Å². The zero-order valence-electron chi connectivity index (χ0n) is 9.64. The highest BCUT2D eigenvalue weighted by molar-refractivity contribution is 5.94. The molecule has 4 heteroatoms. The Kier molecular flexibility index (Phi) is 4.46. The molecule has 0 heterocycles. The van der Waals surface area contributed by atoms with Crippen molar-refractivity contribution in [3.63, 3.8) is 0 Å². The highest BCUT2D eigenvalue weighted by Gasteiger charge is 2.20. The number of rotatable bonds is 5. The van der Waals surface area contributed by atoms with E-state index in [4.69, 9.17) is 5.11 Å². The molecule has 1 amide bonds. The van der Waals surface area contributed by atoms with Gasteiger partial charge in [-0.25, -0.2) is 4.79 Å². The lowest BCUT2D eigenvalue weighted by Gasteiger charge is -2.14. The molecule has 0 aromatic heterocycles. The molecular formula is C13H15NO3. The van der Waals surface area contributed by atoms with Crippen molar-refractivity contribution >= 4 is 11.9 Å². The van der Waals surface area contributed by atoms with Gasteiger partial charge in [0.2, 0.25) is 5.91 Å². The van der Waals surface area contributed by atoms with Gasteiger partial charge in [-0.1, -0.05) is 36.9 Å². The third kappa shape index (κ3) is 4.10. The molecule has 0 radical (unpaired) electrons. The lowest BCUT2D eigenvalue weighted by atomic mass is 10.1. The lowest BCUT2D eigenvalue weighted by Crippen LogP contribution is -2.42. The van der Waals surface area contributed by atoms with E-state index in [1.54, 1.807) is 0 Å². The number of aliphatic carboxylic acids is 1. The average Bonchev–Trinajstić information content (AvgIpc) is 2.29. The summed E-state index contributed by atoms with van der Waals surface area (Å²) >= 11 is 0. The van der Waals surface area contributed by atoms with Crippen LogP contribution in [-0.4, -0.2) is 23.0 Å². The Bertz CT molecular complexity index is 426. The van der Waals surface area contributed by atoms with Gasteiger partial charge >= 0.3 is 5.97 Å². The van der Waals surface area contributed by atoms with Crippen LogP contribution in [0.1, 0.15) is 12.5 Å². The van der Waals surface area contributed by atoms with Gasteiger partial charge in [0.05, 0.1) is 0 Å². The van der Waals surface area contributed by atoms with Crippen molar-refractivity contribution in [2.75, 3.05) is 0 Å². The van der Waals surface area contributed by atoms with Crippen LogP contribution in [0.15, 0.2) is 42.5 Å². The van der Waals surface area contributed by atoms with Crippen molar-refractivity contribution in [1.82, 2.24) is 5.32 Å². The molecule has 90 valence electrons. The zero-order valence-corrected chi connectivity index (χ0v) is 9.64. The zero-order chi connectivity index (χ0) is 12.8. The van der Waals surface area contributed by atoms with Crippen LogP contribution < -0.4 is 5.32 Å². The summed E-state index contributed by atoms with van der Waals surface area (Å²) < 4.78 is 0. The minimum absolute atomic E-state index is 0.259. The van der Waals surface area contributed by atoms with Crippen LogP contribution in [0.3, 0.4) is 0 Å². The van der Waals surface area contributed by atoms with E-state index in [9.17, 15) is 9.59 Å². The molecule has 0 aliphatic rings. The summed E-state index contributed by atoms with van der Waals surface area (Å²) in [5, 5.41) is 11.4. The Morgan fingerprint density at radius 2 is 1.94 bits per heavy atom. The number of amides is 1. The molecule has 0 aliphatic carbocycles. The second-order valence-electron chi connectivity index (χ2n) is 3.83. The Morgan fingerprint density at radius 1 is 1.35 bits per heavy atom. The molecule has 4 nitrogen and oxygen atoms in total. The Hall–Kier alpha value is -2.10. The Balaban J connectivity index is 2.71. The molecule has 1 aromatic rings. The van der Waals surface area contributed by atoms with Crippen molar-refractivity contribution in [2.24, 2.45) is 0 Å². The number of hydrogen-bond acceptors (Lipinski definition) is 2. The van der Waals surface area contributed by atoms with Gasteiger partial charge in [-0.05, 0) is 12.5 Å². The van der Waals surface area contributed by atoms with E-state index in [0.717, 1.165) is 5.56 Å². The van der Waals surface area contributed by atoms with Crippen LogP contribution in [0.5, 0.6) is 0 Å². The summed E-state index contributed by atoms with van der Waals surface area (Å²) in [5.41, 5.74) is 1.16. The smallest absolute Gasteiger partial charge is 0.326 e.